The normalized spacial score (nSPS) is 14.6. The van der Waals surface area contributed by atoms with Crippen LogP contribution in [0.4, 0.5) is 0 Å². The van der Waals surface area contributed by atoms with Gasteiger partial charge in [-0.1, -0.05) is 0 Å². The Morgan fingerprint density at radius 1 is 1.23 bits per heavy atom. The van der Waals surface area contributed by atoms with E-state index in [0.29, 0.717) is 26.9 Å². The van der Waals surface area contributed by atoms with Crippen molar-refractivity contribution in [2.24, 2.45) is 7.05 Å². The number of aromatic nitrogens is 6. The quantitative estimate of drug-likeness (QED) is 0.195. The molecule has 16 nitrogen and oxygen atoms in total. The van der Waals surface area contributed by atoms with Gasteiger partial charge in [-0.15, -0.1) is 11.3 Å². The smallest absolute Gasteiger partial charge is 0.322 e. The maximum atomic E-state index is 13.3. The topological polar surface area (TPSA) is 201 Å². The zero-order chi connectivity index (χ0) is 29.8. The largest absolute Gasteiger partial charge is 0.377 e. The van der Waals surface area contributed by atoms with Crippen molar-refractivity contribution in [3.05, 3.63) is 51.8 Å². The first-order valence-corrected chi connectivity index (χ1v) is 15.1. The molecule has 0 saturated heterocycles. The Balaban J connectivity index is 1.65. The van der Waals surface area contributed by atoms with Crippen molar-refractivity contribution in [3.63, 3.8) is 0 Å². The molecule has 0 spiro atoms. The highest BCUT2D eigenvalue weighted by Crippen LogP contribution is 2.36. The second-order valence-corrected chi connectivity index (χ2v) is 14.2. The van der Waals surface area contributed by atoms with Gasteiger partial charge in [-0.3, -0.25) is 9.52 Å². The SMILES string of the molecule is CN(C)S(=O)(=O)N/C=C\C(=N)C(C)(O)c1nc2c(s1)c1cnn(Cc3ccn(S(=O)(=O)N(C)C)n3)c(=O)c1n2C. The number of rotatable bonds is 10. The third-order valence-electron chi connectivity index (χ3n) is 6.04. The van der Waals surface area contributed by atoms with Crippen LogP contribution in [-0.2, 0) is 39.6 Å². The van der Waals surface area contributed by atoms with Gasteiger partial charge in [-0.05, 0) is 19.1 Å². The summed E-state index contributed by atoms with van der Waals surface area (Å²) in [4.78, 5) is 17.8. The van der Waals surface area contributed by atoms with Crippen molar-refractivity contribution >= 4 is 58.7 Å². The van der Waals surface area contributed by atoms with Crippen LogP contribution in [0.15, 0.2) is 35.5 Å². The minimum Gasteiger partial charge on any atom is -0.377 e. The maximum absolute atomic E-state index is 13.3. The lowest BCUT2D eigenvalue weighted by Crippen LogP contribution is -2.33. The summed E-state index contributed by atoms with van der Waals surface area (Å²) in [7, 11) is -0.463. The molecule has 4 heterocycles. The number of nitrogens with zero attached hydrogens (tertiary/aromatic N) is 8. The average molecular weight is 613 g/mol. The molecule has 0 aliphatic carbocycles. The lowest BCUT2D eigenvalue weighted by atomic mass is 10.0. The number of aliphatic hydroxyl groups is 1. The first-order valence-electron chi connectivity index (χ1n) is 11.5. The highest BCUT2D eigenvalue weighted by molar-refractivity contribution is 7.87. The zero-order valence-electron chi connectivity index (χ0n) is 22.4. The van der Waals surface area contributed by atoms with Crippen molar-refractivity contribution in [2.75, 3.05) is 28.2 Å². The van der Waals surface area contributed by atoms with Crippen LogP contribution in [0.1, 0.15) is 17.6 Å². The molecule has 4 aromatic rings. The Labute approximate surface area is 233 Å². The summed E-state index contributed by atoms with van der Waals surface area (Å²) in [5, 5.41) is 28.3. The van der Waals surface area contributed by atoms with Gasteiger partial charge >= 0.3 is 20.4 Å². The molecule has 0 fully saturated rings. The molecule has 40 heavy (non-hydrogen) atoms. The van der Waals surface area contributed by atoms with Crippen LogP contribution in [0, 0.1) is 5.41 Å². The number of hydrogen-bond acceptors (Lipinski definition) is 11. The Morgan fingerprint density at radius 3 is 2.52 bits per heavy atom. The fraction of sp³-hybridized carbons (Fsp3) is 0.381. The average Bonchev–Trinajstić information content (AvgIpc) is 3.57. The van der Waals surface area contributed by atoms with E-state index in [2.05, 4.69) is 19.9 Å². The standard InChI is InChI=1S/C21H28N10O6S3/c1-21(33,15(22)7-9-24-39(34,35)27(2)3)20-25-18-17(38-20)14-11-23-30(19(32)16(14)29(18)6)12-13-8-10-31(26-13)40(36,37)28(4)5/h7-11,22,24,33H,12H2,1-6H3/b9-7-,22-15?. The van der Waals surface area contributed by atoms with Gasteiger partial charge in [0.15, 0.2) is 11.2 Å². The predicted octanol–water partition coefficient (Wildman–Crippen LogP) is -0.619. The summed E-state index contributed by atoms with van der Waals surface area (Å²) >= 11 is 1.08. The van der Waals surface area contributed by atoms with Crippen LogP contribution in [-0.4, -0.2) is 93.0 Å². The number of fused-ring (bicyclic) bond motifs is 3. The van der Waals surface area contributed by atoms with Crippen LogP contribution in [0.25, 0.3) is 21.3 Å². The van der Waals surface area contributed by atoms with E-state index in [0.717, 1.165) is 41.0 Å². The molecule has 0 saturated carbocycles. The van der Waals surface area contributed by atoms with Gasteiger partial charge in [0.25, 0.3) is 5.56 Å². The Kier molecular flexibility index (Phi) is 7.49. The van der Waals surface area contributed by atoms with Crippen molar-refractivity contribution in [3.8, 4) is 0 Å². The molecule has 4 aromatic heterocycles. The molecule has 0 aromatic carbocycles. The molecule has 19 heteroatoms. The summed E-state index contributed by atoms with van der Waals surface area (Å²) in [5.41, 5.74) is -1.63. The maximum Gasteiger partial charge on any atom is 0.322 e. The molecule has 4 rings (SSSR count). The lowest BCUT2D eigenvalue weighted by Gasteiger charge is -2.19. The van der Waals surface area contributed by atoms with E-state index in [1.165, 1.54) is 53.6 Å². The van der Waals surface area contributed by atoms with Gasteiger partial charge in [0, 0.05) is 53.0 Å². The van der Waals surface area contributed by atoms with Crippen LogP contribution >= 0.6 is 11.3 Å². The summed E-state index contributed by atoms with van der Waals surface area (Å²) in [6, 6.07) is 1.48. The minimum atomic E-state index is -3.80. The van der Waals surface area contributed by atoms with Gasteiger partial charge in [0.1, 0.15) is 10.5 Å². The molecule has 1 atom stereocenters. The second-order valence-electron chi connectivity index (χ2n) is 9.29. The molecule has 0 amide bonds. The number of thiazole rings is 1. The first-order chi connectivity index (χ1) is 18.5. The lowest BCUT2D eigenvalue weighted by molar-refractivity contribution is 0.133. The predicted molar refractivity (Wildman–Crippen MR) is 150 cm³/mol. The van der Waals surface area contributed by atoms with Gasteiger partial charge in [-0.25, -0.2) is 9.67 Å². The molecule has 1 unspecified atom stereocenters. The van der Waals surface area contributed by atoms with Crippen molar-refractivity contribution in [2.45, 2.75) is 19.1 Å². The fourth-order valence-corrected chi connectivity index (χ4v) is 5.95. The van der Waals surface area contributed by atoms with E-state index in [-0.39, 0.29) is 17.3 Å². The van der Waals surface area contributed by atoms with E-state index in [1.54, 1.807) is 11.6 Å². The van der Waals surface area contributed by atoms with E-state index in [1.807, 2.05) is 0 Å². The number of aryl methyl sites for hydroxylation is 1. The molecule has 0 aliphatic rings. The molecule has 0 radical (unpaired) electrons. The third kappa shape index (κ3) is 5.06. The van der Waals surface area contributed by atoms with Gasteiger partial charge in [-0.2, -0.15) is 39.7 Å². The summed E-state index contributed by atoms with van der Waals surface area (Å²) in [6.07, 6.45) is 4.93. The Morgan fingerprint density at radius 2 is 1.90 bits per heavy atom. The van der Waals surface area contributed by atoms with Crippen LogP contribution in [0.5, 0.6) is 0 Å². The van der Waals surface area contributed by atoms with Crippen molar-refractivity contribution < 1.29 is 21.9 Å². The zero-order valence-corrected chi connectivity index (χ0v) is 24.8. The van der Waals surface area contributed by atoms with Crippen LogP contribution < -0.4 is 10.3 Å². The molecule has 3 N–H and O–H groups in total. The van der Waals surface area contributed by atoms with Gasteiger partial charge < -0.3 is 15.1 Å². The van der Waals surface area contributed by atoms with E-state index < -0.39 is 31.6 Å². The molecule has 216 valence electrons. The van der Waals surface area contributed by atoms with Gasteiger partial charge in [0.2, 0.25) is 0 Å². The number of nitrogens with one attached hydrogen (secondary N) is 2. The Hall–Kier alpha value is -3.49. The molecule has 0 bridgehead atoms. The van der Waals surface area contributed by atoms with Crippen LogP contribution in [0.2, 0.25) is 0 Å². The number of hydrogen-bond donors (Lipinski definition) is 3. The van der Waals surface area contributed by atoms with Crippen molar-refractivity contribution in [1.29, 1.82) is 5.41 Å². The van der Waals surface area contributed by atoms with E-state index in [4.69, 9.17) is 5.41 Å². The van der Waals surface area contributed by atoms with E-state index in [9.17, 15) is 26.7 Å². The highest BCUT2D eigenvalue weighted by Gasteiger charge is 2.33. The highest BCUT2D eigenvalue weighted by atomic mass is 32.2. The molecule has 0 aliphatic heterocycles. The van der Waals surface area contributed by atoms with Crippen molar-refractivity contribution in [1.82, 2.24) is 41.8 Å². The van der Waals surface area contributed by atoms with E-state index >= 15 is 0 Å². The third-order valence-corrected chi connectivity index (χ3v) is 10.3. The Bertz CT molecular complexity index is 1930. The van der Waals surface area contributed by atoms with Gasteiger partial charge in [0.05, 0.1) is 28.8 Å². The monoisotopic (exact) mass is 612 g/mol. The van der Waals surface area contributed by atoms with Crippen LogP contribution in [0.3, 0.4) is 0 Å². The summed E-state index contributed by atoms with van der Waals surface area (Å²) < 4.78 is 56.5. The molecular weight excluding hydrogens is 584 g/mol. The first kappa shape index (κ1) is 29.5. The fourth-order valence-electron chi connectivity index (χ4n) is 3.57. The minimum absolute atomic E-state index is 0.0714. The summed E-state index contributed by atoms with van der Waals surface area (Å²) in [5.74, 6) is 0. The molecular formula is C21H28N10O6S3. The second kappa shape index (κ2) is 10.2. The summed E-state index contributed by atoms with van der Waals surface area (Å²) in [6.45, 7) is 1.29.